The van der Waals surface area contributed by atoms with E-state index in [2.05, 4.69) is 87.6 Å². The Morgan fingerprint density at radius 1 is 0.800 bits per heavy atom. The monoisotopic (exact) mass is 516 g/mol. The molecule has 0 amide bonds. The van der Waals surface area contributed by atoms with Gasteiger partial charge in [-0.1, -0.05) is 11.1 Å². The minimum absolute atomic E-state index is 0.278. The summed E-state index contributed by atoms with van der Waals surface area (Å²) in [5, 5.41) is 0. The zero-order valence-electron chi connectivity index (χ0n) is 6.58. The van der Waals surface area contributed by atoms with E-state index in [9.17, 15) is 0 Å². The molecular formula is C6H12I3V. The van der Waals surface area contributed by atoms with Gasteiger partial charge in [-0.2, -0.15) is 0 Å². The summed E-state index contributed by atoms with van der Waals surface area (Å²) in [6.45, 7) is 8.48. The summed E-state index contributed by atoms with van der Waals surface area (Å²) in [5.41, 5.74) is 2.85. The molecule has 0 N–H and O–H groups in total. The van der Waals surface area contributed by atoms with E-state index in [1.54, 1.807) is 0 Å². The maximum absolute atomic E-state index is 2.46. The Balaban J connectivity index is 0. The standard InChI is InChI=1S/C6H12.3HI.V/c1-5(2)6(3)4;;;;/h1-4H3;3*1H;/q;;;;+3/p-3. The molecule has 0 rings (SSSR count). The van der Waals surface area contributed by atoms with Crippen molar-refractivity contribution in [2.75, 3.05) is 0 Å². The van der Waals surface area contributed by atoms with E-state index in [0.717, 1.165) is 0 Å². The fourth-order valence-electron chi connectivity index (χ4n) is 0. The van der Waals surface area contributed by atoms with Gasteiger partial charge in [-0.05, 0) is 27.7 Å². The molecular weight excluding hydrogens is 504 g/mol. The van der Waals surface area contributed by atoms with Gasteiger partial charge < -0.3 is 0 Å². The van der Waals surface area contributed by atoms with Gasteiger partial charge in [0, 0.05) is 0 Å². The molecule has 0 nitrogen and oxygen atoms in total. The average Bonchev–Trinajstić information content (AvgIpc) is 1.63. The summed E-state index contributed by atoms with van der Waals surface area (Å²) in [6, 6.07) is 0. The first kappa shape index (κ1) is 15.0. The Kier molecular flexibility index (Phi) is 14.4. The molecule has 0 fully saturated rings. The maximum atomic E-state index is 2.46. The second-order valence-corrected chi connectivity index (χ2v) is 37.6. The summed E-state index contributed by atoms with van der Waals surface area (Å²) in [5.74, 6) is 0. The quantitative estimate of drug-likeness (QED) is 0.314. The zero-order valence-corrected chi connectivity index (χ0v) is 14.5. The van der Waals surface area contributed by atoms with Crippen molar-refractivity contribution in [1.82, 2.24) is 0 Å². The average molecular weight is 516 g/mol. The molecule has 0 spiro atoms. The number of hydrogen-bond acceptors (Lipinski definition) is 0. The predicted octanol–water partition coefficient (Wildman–Crippen LogP) is 5.02. The molecule has 0 aromatic carbocycles. The molecule has 0 atom stereocenters. The molecule has 0 aliphatic heterocycles. The van der Waals surface area contributed by atoms with Crippen LogP contribution < -0.4 is 0 Å². The van der Waals surface area contributed by atoms with Gasteiger partial charge >= 0.3 is 64.9 Å². The summed E-state index contributed by atoms with van der Waals surface area (Å²) < 4.78 is 0. The third kappa shape index (κ3) is 22.4. The van der Waals surface area contributed by atoms with Gasteiger partial charge in [0.2, 0.25) is 0 Å². The third-order valence-electron chi connectivity index (χ3n) is 1.00. The van der Waals surface area contributed by atoms with E-state index in [1.807, 2.05) is 0 Å². The van der Waals surface area contributed by atoms with Gasteiger partial charge in [-0.3, -0.25) is 0 Å². The van der Waals surface area contributed by atoms with Crippen LogP contribution in [0.4, 0.5) is 0 Å². The van der Waals surface area contributed by atoms with E-state index in [0.29, 0.717) is 0 Å². The molecule has 0 bridgehead atoms. The Morgan fingerprint density at radius 2 is 0.900 bits per heavy atom. The summed E-state index contributed by atoms with van der Waals surface area (Å²) in [6.07, 6.45) is 0. The van der Waals surface area contributed by atoms with Crippen LogP contribution in [-0.4, -0.2) is 0 Å². The predicted molar refractivity (Wildman–Crippen MR) is 71.8 cm³/mol. The number of halogens is 3. The van der Waals surface area contributed by atoms with Crippen molar-refractivity contribution in [3.8, 4) is 0 Å². The van der Waals surface area contributed by atoms with Crippen LogP contribution in [-0.2, 0) is 4.92 Å². The first-order valence-corrected chi connectivity index (χ1v) is 16.3. The van der Waals surface area contributed by atoms with Crippen LogP contribution in [0, 0.1) is 0 Å². The molecule has 62 valence electrons. The number of hydrogen-bond donors (Lipinski definition) is 0. The fourth-order valence-corrected chi connectivity index (χ4v) is 0. The number of allylic oxidation sites excluding steroid dienone is 2. The third-order valence-corrected chi connectivity index (χ3v) is 1.00. The van der Waals surface area contributed by atoms with Crippen LogP contribution in [0.5, 0.6) is 0 Å². The topological polar surface area (TPSA) is 0 Å². The first-order valence-electron chi connectivity index (χ1n) is 2.76. The normalized spacial score (nSPS) is 8.40. The van der Waals surface area contributed by atoms with E-state index >= 15 is 0 Å². The van der Waals surface area contributed by atoms with E-state index in [1.165, 1.54) is 11.1 Å². The second-order valence-electron chi connectivity index (χ2n) is 2.19. The van der Waals surface area contributed by atoms with Crippen molar-refractivity contribution in [3.63, 3.8) is 0 Å². The summed E-state index contributed by atoms with van der Waals surface area (Å²) >= 11 is 7.39. The molecule has 0 aromatic rings. The fraction of sp³-hybridized carbons (Fsp3) is 0.667. The molecule has 0 unspecified atom stereocenters. The Morgan fingerprint density at radius 3 is 0.900 bits per heavy atom. The van der Waals surface area contributed by atoms with Crippen LogP contribution in [0.3, 0.4) is 0 Å². The van der Waals surface area contributed by atoms with Gasteiger partial charge in [0.25, 0.3) is 0 Å². The Labute approximate surface area is 102 Å². The number of rotatable bonds is 0. The minimum atomic E-state index is -0.278. The van der Waals surface area contributed by atoms with Crippen LogP contribution in [0.2, 0.25) is 0 Å². The summed E-state index contributed by atoms with van der Waals surface area (Å²) in [4.78, 5) is -0.278. The SMILES string of the molecule is CC(C)=C(C)C.[I][V]([I])[I]. The molecule has 0 saturated heterocycles. The molecule has 4 heteroatoms. The van der Waals surface area contributed by atoms with Crippen LogP contribution in [0.15, 0.2) is 11.1 Å². The van der Waals surface area contributed by atoms with Gasteiger partial charge in [-0.25, -0.2) is 0 Å². The van der Waals surface area contributed by atoms with Crippen LogP contribution in [0.25, 0.3) is 0 Å². The van der Waals surface area contributed by atoms with Crippen molar-refractivity contribution in [1.29, 1.82) is 0 Å². The van der Waals surface area contributed by atoms with Crippen LogP contribution >= 0.6 is 59.9 Å². The molecule has 0 aliphatic rings. The van der Waals surface area contributed by atoms with Crippen molar-refractivity contribution < 1.29 is 4.92 Å². The van der Waals surface area contributed by atoms with Gasteiger partial charge in [-0.15, -0.1) is 0 Å². The molecule has 0 aromatic heterocycles. The second kappa shape index (κ2) is 9.60. The Bertz CT molecular complexity index is 88.8. The molecule has 0 heterocycles. The van der Waals surface area contributed by atoms with Crippen molar-refractivity contribution >= 4 is 59.9 Å². The van der Waals surface area contributed by atoms with E-state index < -0.39 is 0 Å². The zero-order chi connectivity index (χ0) is 8.73. The first-order chi connectivity index (χ1) is 4.37. The van der Waals surface area contributed by atoms with Gasteiger partial charge in [0.1, 0.15) is 0 Å². The van der Waals surface area contributed by atoms with Crippen LogP contribution in [0.1, 0.15) is 27.7 Å². The summed E-state index contributed by atoms with van der Waals surface area (Å²) in [7, 11) is 0. The van der Waals surface area contributed by atoms with E-state index in [-0.39, 0.29) is 4.92 Å². The molecule has 0 saturated carbocycles. The van der Waals surface area contributed by atoms with Crippen molar-refractivity contribution in [2.45, 2.75) is 27.7 Å². The van der Waals surface area contributed by atoms with Crippen molar-refractivity contribution in [2.24, 2.45) is 0 Å². The Hall–Kier alpha value is 2.51. The molecule has 10 heavy (non-hydrogen) atoms. The molecule has 0 radical (unpaired) electrons. The van der Waals surface area contributed by atoms with Gasteiger partial charge in [0.05, 0.1) is 0 Å². The molecule has 0 aliphatic carbocycles. The van der Waals surface area contributed by atoms with E-state index in [4.69, 9.17) is 0 Å². The van der Waals surface area contributed by atoms with Crippen molar-refractivity contribution in [3.05, 3.63) is 11.1 Å². The van der Waals surface area contributed by atoms with Gasteiger partial charge in [0.15, 0.2) is 0 Å².